The molecule has 0 aromatic heterocycles. The average Bonchev–Trinajstić information content (AvgIpc) is 2.57. The molecule has 134 valence electrons. The number of rotatable bonds is 6. The van der Waals surface area contributed by atoms with Crippen LogP contribution in [0, 0.1) is 5.92 Å². The van der Waals surface area contributed by atoms with E-state index in [1.165, 1.54) is 10.4 Å². The number of hydrogen-bond acceptors (Lipinski definition) is 4. The van der Waals surface area contributed by atoms with E-state index in [4.69, 9.17) is 16.3 Å². The molecule has 0 saturated carbocycles. The van der Waals surface area contributed by atoms with Crippen LogP contribution in [0.1, 0.15) is 26.7 Å². The molecule has 2 rings (SSSR count). The van der Waals surface area contributed by atoms with Crippen LogP contribution in [-0.4, -0.2) is 44.9 Å². The van der Waals surface area contributed by atoms with E-state index < -0.39 is 10.0 Å². The van der Waals surface area contributed by atoms with Crippen molar-refractivity contribution in [2.24, 2.45) is 5.92 Å². The molecule has 1 aromatic rings. The minimum atomic E-state index is -3.71. The zero-order valence-corrected chi connectivity index (χ0v) is 15.5. The summed E-state index contributed by atoms with van der Waals surface area (Å²) < 4.78 is 32.7. The van der Waals surface area contributed by atoms with Gasteiger partial charge in [0.25, 0.3) is 0 Å². The Hall–Kier alpha value is -1.31. The summed E-state index contributed by atoms with van der Waals surface area (Å²) in [7, 11) is -3.71. The topological polar surface area (TPSA) is 75.7 Å². The normalized spacial score (nSPS) is 16.8. The van der Waals surface area contributed by atoms with Crippen LogP contribution < -0.4 is 10.1 Å². The Morgan fingerprint density at radius 1 is 1.33 bits per heavy atom. The highest BCUT2D eigenvalue weighted by Crippen LogP contribution is 2.32. The van der Waals surface area contributed by atoms with E-state index in [0.29, 0.717) is 49.9 Å². The highest BCUT2D eigenvalue weighted by atomic mass is 35.5. The van der Waals surface area contributed by atoms with Gasteiger partial charge < -0.3 is 10.1 Å². The maximum atomic E-state index is 12.9. The third-order valence-corrected chi connectivity index (χ3v) is 6.15. The molecule has 0 unspecified atom stereocenters. The van der Waals surface area contributed by atoms with Gasteiger partial charge in [-0.2, -0.15) is 4.31 Å². The molecule has 0 spiro atoms. The summed E-state index contributed by atoms with van der Waals surface area (Å²) in [5.74, 6) is 0.155. The summed E-state index contributed by atoms with van der Waals surface area (Å²) in [6, 6.07) is 4.59. The zero-order chi connectivity index (χ0) is 17.7. The van der Waals surface area contributed by atoms with Crippen LogP contribution in [0.15, 0.2) is 23.1 Å². The quantitative estimate of drug-likeness (QED) is 0.828. The summed E-state index contributed by atoms with van der Waals surface area (Å²) in [6.07, 6.45) is 1.02. The lowest BCUT2D eigenvalue weighted by molar-refractivity contribution is -0.126. The lowest BCUT2D eigenvalue weighted by Crippen LogP contribution is -2.43. The molecule has 24 heavy (non-hydrogen) atoms. The molecule has 1 aliphatic heterocycles. The van der Waals surface area contributed by atoms with Crippen LogP contribution in [0.4, 0.5) is 0 Å². The van der Waals surface area contributed by atoms with Crippen LogP contribution in [0.5, 0.6) is 5.75 Å². The van der Waals surface area contributed by atoms with E-state index in [2.05, 4.69) is 5.32 Å². The fraction of sp³-hybridized carbons (Fsp3) is 0.562. The molecular weight excluding hydrogens is 352 g/mol. The monoisotopic (exact) mass is 374 g/mol. The van der Waals surface area contributed by atoms with E-state index in [1.54, 1.807) is 19.1 Å². The van der Waals surface area contributed by atoms with Crippen molar-refractivity contribution in [3.05, 3.63) is 23.2 Å². The molecule has 1 N–H and O–H groups in total. The number of halogens is 1. The number of hydrogen-bond donors (Lipinski definition) is 1. The van der Waals surface area contributed by atoms with Crippen molar-refractivity contribution in [2.45, 2.75) is 31.6 Å². The number of benzene rings is 1. The standard InChI is InChI=1S/C16H23ClN2O4S/c1-3-18-16(20)12-7-9-19(10-8-12)24(21,22)15-11-13(17)5-6-14(15)23-4-2/h5-6,11-12H,3-4,7-10H2,1-2H3,(H,18,20). The van der Waals surface area contributed by atoms with E-state index in [0.717, 1.165) is 0 Å². The van der Waals surface area contributed by atoms with Crippen LogP contribution in [0.3, 0.4) is 0 Å². The SMILES string of the molecule is CCNC(=O)C1CCN(S(=O)(=O)c2cc(Cl)ccc2OCC)CC1. The molecule has 8 heteroatoms. The molecule has 0 radical (unpaired) electrons. The molecule has 1 heterocycles. The summed E-state index contributed by atoms with van der Waals surface area (Å²) in [4.78, 5) is 12.0. The average molecular weight is 375 g/mol. The molecule has 1 aromatic carbocycles. The van der Waals surface area contributed by atoms with Gasteiger partial charge in [0.15, 0.2) is 0 Å². The molecule has 6 nitrogen and oxygen atoms in total. The van der Waals surface area contributed by atoms with Gasteiger partial charge in [0.1, 0.15) is 10.6 Å². The molecule has 1 amide bonds. The Labute approximate surface area is 148 Å². The maximum Gasteiger partial charge on any atom is 0.246 e. The fourth-order valence-corrected chi connectivity index (χ4v) is 4.64. The fourth-order valence-electron chi connectivity index (χ4n) is 2.77. The number of ether oxygens (including phenoxy) is 1. The van der Waals surface area contributed by atoms with Gasteiger partial charge in [-0.3, -0.25) is 4.79 Å². The maximum absolute atomic E-state index is 12.9. The number of nitrogens with zero attached hydrogens (tertiary/aromatic N) is 1. The molecule has 1 fully saturated rings. The van der Waals surface area contributed by atoms with E-state index in [9.17, 15) is 13.2 Å². The van der Waals surface area contributed by atoms with Gasteiger partial charge >= 0.3 is 0 Å². The summed E-state index contributed by atoms with van der Waals surface area (Å²) in [5, 5.41) is 3.13. The van der Waals surface area contributed by atoms with Crippen molar-refractivity contribution in [3.63, 3.8) is 0 Å². The first kappa shape index (κ1) is 19.0. The number of nitrogens with one attached hydrogen (secondary N) is 1. The minimum absolute atomic E-state index is 0.00712. The van der Waals surface area contributed by atoms with Crippen LogP contribution in [0.25, 0.3) is 0 Å². The molecule has 1 aliphatic rings. The first-order valence-electron chi connectivity index (χ1n) is 8.10. The van der Waals surface area contributed by atoms with Gasteiger partial charge in [-0.25, -0.2) is 8.42 Å². The van der Waals surface area contributed by atoms with Crippen LogP contribution in [0.2, 0.25) is 5.02 Å². The van der Waals surface area contributed by atoms with Crippen molar-refractivity contribution in [1.29, 1.82) is 0 Å². The second-order valence-electron chi connectivity index (χ2n) is 5.60. The summed E-state index contributed by atoms with van der Waals surface area (Å²) in [6.45, 7) is 5.22. The van der Waals surface area contributed by atoms with Gasteiger partial charge in [0.2, 0.25) is 15.9 Å². The number of carbonyl (C=O) groups excluding carboxylic acids is 1. The zero-order valence-electron chi connectivity index (χ0n) is 13.9. The van der Waals surface area contributed by atoms with Crippen molar-refractivity contribution in [1.82, 2.24) is 9.62 Å². The molecule has 1 saturated heterocycles. The summed E-state index contributed by atoms with van der Waals surface area (Å²) >= 11 is 5.97. The third kappa shape index (κ3) is 4.20. The Kier molecular flexibility index (Phi) is 6.48. The smallest absolute Gasteiger partial charge is 0.246 e. The Balaban J connectivity index is 2.18. The largest absolute Gasteiger partial charge is 0.492 e. The van der Waals surface area contributed by atoms with Crippen LogP contribution >= 0.6 is 11.6 Å². The number of carbonyl (C=O) groups is 1. The minimum Gasteiger partial charge on any atom is -0.492 e. The van der Waals surface area contributed by atoms with Crippen molar-refractivity contribution in [3.8, 4) is 5.75 Å². The van der Waals surface area contributed by atoms with Gasteiger partial charge in [-0.15, -0.1) is 0 Å². The lowest BCUT2D eigenvalue weighted by Gasteiger charge is -2.30. The molecule has 0 atom stereocenters. The Morgan fingerprint density at radius 3 is 2.58 bits per heavy atom. The van der Waals surface area contributed by atoms with Gasteiger partial charge in [0.05, 0.1) is 6.61 Å². The molecule has 0 bridgehead atoms. The molecular formula is C16H23ClN2O4S. The molecule has 0 aliphatic carbocycles. The second kappa shape index (κ2) is 8.18. The number of amides is 1. The number of piperidine rings is 1. The lowest BCUT2D eigenvalue weighted by atomic mass is 9.97. The predicted octanol–water partition coefficient (Wildman–Crippen LogP) is 2.28. The van der Waals surface area contributed by atoms with Gasteiger partial charge in [0, 0.05) is 30.6 Å². The third-order valence-electron chi connectivity index (χ3n) is 4.00. The number of sulfonamides is 1. The highest BCUT2D eigenvalue weighted by Gasteiger charge is 2.33. The van der Waals surface area contributed by atoms with Gasteiger partial charge in [-0.05, 0) is 44.9 Å². The van der Waals surface area contributed by atoms with E-state index in [-0.39, 0.29) is 16.7 Å². The van der Waals surface area contributed by atoms with Gasteiger partial charge in [-0.1, -0.05) is 11.6 Å². The Bertz CT molecular complexity index is 685. The first-order valence-corrected chi connectivity index (χ1v) is 9.92. The van der Waals surface area contributed by atoms with Crippen molar-refractivity contribution in [2.75, 3.05) is 26.2 Å². The van der Waals surface area contributed by atoms with Crippen molar-refractivity contribution >= 4 is 27.5 Å². The second-order valence-corrected chi connectivity index (χ2v) is 7.94. The van der Waals surface area contributed by atoms with Crippen LogP contribution in [-0.2, 0) is 14.8 Å². The van der Waals surface area contributed by atoms with E-state index >= 15 is 0 Å². The highest BCUT2D eigenvalue weighted by molar-refractivity contribution is 7.89. The predicted molar refractivity (Wildman–Crippen MR) is 92.8 cm³/mol. The first-order chi connectivity index (χ1) is 11.4. The van der Waals surface area contributed by atoms with Crippen molar-refractivity contribution < 1.29 is 17.9 Å². The Morgan fingerprint density at radius 2 is 2.00 bits per heavy atom. The summed E-state index contributed by atoms with van der Waals surface area (Å²) in [5.41, 5.74) is 0. The van der Waals surface area contributed by atoms with E-state index in [1.807, 2.05) is 6.92 Å².